The van der Waals surface area contributed by atoms with Crippen molar-refractivity contribution in [3.63, 3.8) is 0 Å². The average molecular weight is 417 g/mol. The van der Waals surface area contributed by atoms with E-state index >= 15 is 0 Å². The van der Waals surface area contributed by atoms with E-state index in [1.807, 2.05) is 19.1 Å². The first-order valence-corrected chi connectivity index (χ1v) is 10.4. The van der Waals surface area contributed by atoms with E-state index in [0.717, 1.165) is 5.56 Å². The number of halogens is 1. The fourth-order valence-corrected chi connectivity index (χ4v) is 4.22. The number of amides is 1. The Bertz CT molecular complexity index is 697. The van der Waals surface area contributed by atoms with Crippen molar-refractivity contribution in [2.45, 2.75) is 38.0 Å². The molecule has 1 fully saturated rings. The summed E-state index contributed by atoms with van der Waals surface area (Å²) in [5.41, 5.74) is 0.843. The van der Waals surface area contributed by atoms with Crippen molar-refractivity contribution in [1.29, 1.82) is 0 Å². The molecular weight excluding hydrogens is 392 g/mol. The molecule has 4 atom stereocenters. The van der Waals surface area contributed by atoms with Gasteiger partial charge in [0.1, 0.15) is 6.10 Å². The number of nitrogens with zero attached hydrogens (tertiary/aromatic N) is 2. The Labute approximate surface area is 166 Å². The molecule has 1 aliphatic rings. The Hall–Kier alpha value is -1.48. The Balaban J connectivity index is 2.36. The van der Waals surface area contributed by atoms with Crippen LogP contribution in [0.25, 0.3) is 0 Å². The van der Waals surface area contributed by atoms with Crippen molar-refractivity contribution in [1.82, 2.24) is 9.21 Å². The first-order chi connectivity index (χ1) is 12.7. The van der Waals surface area contributed by atoms with E-state index in [1.165, 1.54) is 0 Å². The summed E-state index contributed by atoms with van der Waals surface area (Å²) in [6, 6.07) is 6.43. The summed E-state index contributed by atoms with van der Waals surface area (Å²) in [5.74, 6) is -1.20. The van der Waals surface area contributed by atoms with Crippen molar-refractivity contribution in [2.75, 3.05) is 26.5 Å². The second kappa shape index (κ2) is 9.64. The minimum atomic E-state index is -1.25. The molecule has 0 saturated carbocycles. The average Bonchev–Trinajstić information content (AvgIpc) is 2.61. The second-order valence-electron chi connectivity index (χ2n) is 6.60. The van der Waals surface area contributed by atoms with Gasteiger partial charge in [0.15, 0.2) is 0 Å². The molecule has 0 spiro atoms. The van der Waals surface area contributed by atoms with E-state index in [-0.39, 0.29) is 30.4 Å². The molecule has 1 N–H and O–H groups in total. The van der Waals surface area contributed by atoms with Crippen LogP contribution in [0.15, 0.2) is 24.3 Å². The Morgan fingerprint density at radius 2 is 2.04 bits per heavy atom. The zero-order valence-corrected chi connectivity index (χ0v) is 17.2. The number of carbonyl (C=O) groups excluding carboxylic acids is 1. The fraction of sp³-hybridized carbons (Fsp3) is 0.556. The van der Waals surface area contributed by atoms with Crippen molar-refractivity contribution < 1.29 is 23.6 Å². The van der Waals surface area contributed by atoms with E-state index in [2.05, 4.69) is 0 Å². The third-order valence-corrected chi connectivity index (χ3v) is 6.28. The molecule has 27 heavy (non-hydrogen) atoms. The van der Waals surface area contributed by atoms with Gasteiger partial charge in [-0.15, -0.1) is 0 Å². The molecule has 1 aromatic carbocycles. The lowest BCUT2D eigenvalue weighted by molar-refractivity contribution is -0.168. The van der Waals surface area contributed by atoms with Gasteiger partial charge in [0.2, 0.25) is 0 Å². The molecule has 0 aromatic heterocycles. The van der Waals surface area contributed by atoms with E-state index in [1.54, 1.807) is 35.4 Å². The maximum atomic E-state index is 13.1. The van der Waals surface area contributed by atoms with Crippen LogP contribution in [0.1, 0.15) is 31.4 Å². The van der Waals surface area contributed by atoms with Crippen LogP contribution in [0, 0.1) is 0 Å². The van der Waals surface area contributed by atoms with Gasteiger partial charge in [-0.2, -0.15) is 0 Å². The zero-order valence-electron chi connectivity index (χ0n) is 15.6. The number of carboxylic acid groups (broad SMARTS) is 1. The standard InChI is InChI=1S/C18H25ClN2O5S/c1-4-14(11-27(25)20(2)3)21-15(12-5-7-13(19)8-6-12)10-26-16(18(21)24)9-17(22)23/h5-8,14-16H,4,9-11H2,1-3H3,(H,22,23)/t14-,15-,16+,27?/m0/s1. The largest absolute Gasteiger partial charge is 0.481 e. The summed E-state index contributed by atoms with van der Waals surface area (Å²) in [4.78, 5) is 25.8. The highest BCUT2D eigenvalue weighted by molar-refractivity contribution is 7.82. The number of benzene rings is 1. The molecule has 1 amide bonds. The molecule has 1 aliphatic heterocycles. The minimum Gasteiger partial charge on any atom is -0.481 e. The smallest absolute Gasteiger partial charge is 0.306 e. The predicted molar refractivity (Wildman–Crippen MR) is 104 cm³/mol. The lowest BCUT2D eigenvalue weighted by Crippen LogP contribution is -2.55. The number of ether oxygens (including phenoxy) is 1. The molecule has 1 heterocycles. The number of hydrogen-bond acceptors (Lipinski definition) is 4. The number of aliphatic carboxylic acids is 1. The van der Waals surface area contributed by atoms with Gasteiger partial charge in [0.05, 0.1) is 35.8 Å². The summed E-state index contributed by atoms with van der Waals surface area (Å²) >= 11 is 5.97. The van der Waals surface area contributed by atoms with Crippen LogP contribution in [0.2, 0.25) is 5.02 Å². The van der Waals surface area contributed by atoms with Gasteiger partial charge in [-0.1, -0.05) is 30.7 Å². The fourth-order valence-electron chi connectivity index (χ4n) is 3.07. The van der Waals surface area contributed by atoms with Gasteiger partial charge >= 0.3 is 5.97 Å². The van der Waals surface area contributed by atoms with Crippen LogP contribution in [0.4, 0.5) is 0 Å². The van der Waals surface area contributed by atoms with Crippen LogP contribution >= 0.6 is 11.6 Å². The molecule has 7 nitrogen and oxygen atoms in total. The van der Waals surface area contributed by atoms with Crippen molar-refractivity contribution in [2.24, 2.45) is 0 Å². The van der Waals surface area contributed by atoms with Crippen LogP contribution in [-0.2, 0) is 25.3 Å². The number of morpholine rings is 1. The molecule has 1 aromatic rings. The third-order valence-electron chi connectivity index (χ3n) is 4.54. The maximum Gasteiger partial charge on any atom is 0.306 e. The van der Waals surface area contributed by atoms with Crippen molar-refractivity contribution in [3.8, 4) is 0 Å². The molecule has 2 rings (SSSR count). The van der Waals surface area contributed by atoms with Crippen molar-refractivity contribution >= 4 is 34.5 Å². The minimum absolute atomic E-state index is 0.177. The molecular formula is C18H25ClN2O5S. The molecule has 150 valence electrons. The molecule has 1 unspecified atom stereocenters. The van der Waals surface area contributed by atoms with Gasteiger partial charge in [0.25, 0.3) is 5.91 Å². The summed E-state index contributed by atoms with van der Waals surface area (Å²) < 4.78 is 19.5. The predicted octanol–water partition coefficient (Wildman–Crippen LogP) is 2.09. The summed E-state index contributed by atoms with van der Waals surface area (Å²) in [5, 5.41) is 9.66. The maximum absolute atomic E-state index is 13.1. The number of rotatable bonds is 8. The zero-order chi connectivity index (χ0) is 20.1. The van der Waals surface area contributed by atoms with E-state index in [0.29, 0.717) is 11.4 Å². The molecule has 0 radical (unpaired) electrons. The molecule has 0 bridgehead atoms. The van der Waals surface area contributed by atoms with E-state index in [9.17, 15) is 13.8 Å². The monoisotopic (exact) mass is 416 g/mol. The van der Waals surface area contributed by atoms with Gasteiger partial charge in [-0.05, 0) is 38.2 Å². The molecule has 9 heteroatoms. The lowest BCUT2D eigenvalue weighted by atomic mass is 9.99. The highest BCUT2D eigenvalue weighted by atomic mass is 35.5. The quantitative estimate of drug-likeness (QED) is 0.701. The SMILES string of the molecule is CC[C@@H](CS(=O)N(C)C)N1C(=O)[C@@H](CC(=O)O)OC[C@H]1c1ccc(Cl)cc1. The van der Waals surface area contributed by atoms with Gasteiger partial charge in [0, 0.05) is 11.1 Å². The lowest BCUT2D eigenvalue weighted by Gasteiger charge is -2.43. The summed E-state index contributed by atoms with van der Waals surface area (Å²) in [7, 11) is 2.18. The van der Waals surface area contributed by atoms with Crippen LogP contribution < -0.4 is 0 Å². The Morgan fingerprint density at radius 3 is 2.56 bits per heavy atom. The second-order valence-corrected chi connectivity index (χ2v) is 8.74. The summed E-state index contributed by atoms with van der Waals surface area (Å²) in [6.45, 7) is 2.10. The van der Waals surface area contributed by atoms with Crippen LogP contribution in [0.5, 0.6) is 0 Å². The molecule has 1 saturated heterocycles. The normalized spacial score (nSPS) is 22.7. The van der Waals surface area contributed by atoms with Gasteiger partial charge in [-0.25, -0.2) is 8.51 Å². The highest BCUT2D eigenvalue weighted by Gasteiger charge is 2.41. The molecule has 0 aliphatic carbocycles. The Kier molecular flexibility index (Phi) is 7.79. The first kappa shape index (κ1) is 21.8. The summed E-state index contributed by atoms with van der Waals surface area (Å²) in [6.07, 6.45) is -0.835. The van der Waals surface area contributed by atoms with Crippen LogP contribution in [0.3, 0.4) is 0 Å². The van der Waals surface area contributed by atoms with Gasteiger partial charge < -0.3 is 14.7 Å². The van der Waals surface area contributed by atoms with Gasteiger partial charge in [-0.3, -0.25) is 9.59 Å². The van der Waals surface area contributed by atoms with E-state index in [4.69, 9.17) is 21.4 Å². The third kappa shape index (κ3) is 5.51. The number of hydrogen-bond donors (Lipinski definition) is 1. The Morgan fingerprint density at radius 1 is 1.41 bits per heavy atom. The van der Waals surface area contributed by atoms with Crippen molar-refractivity contribution in [3.05, 3.63) is 34.9 Å². The topological polar surface area (TPSA) is 87.2 Å². The van der Waals surface area contributed by atoms with Crippen LogP contribution in [-0.4, -0.2) is 69.0 Å². The number of carboxylic acids is 1. The first-order valence-electron chi connectivity index (χ1n) is 8.71. The highest BCUT2D eigenvalue weighted by Crippen LogP contribution is 2.32. The number of carbonyl (C=O) groups is 2. The van der Waals surface area contributed by atoms with E-state index < -0.39 is 29.5 Å².